The summed E-state index contributed by atoms with van der Waals surface area (Å²) >= 11 is 0. The van der Waals surface area contributed by atoms with Crippen LogP contribution in [0, 0.1) is 12.7 Å². The van der Waals surface area contributed by atoms with E-state index in [1.54, 1.807) is 26.3 Å². The van der Waals surface area contributed by atoms with Gasteiger partial charge in [-0.3, -0.25) is 14.9 Å². The number of benzene rings is 1. The van der Waals surface area contributed by atoms with Gasteiger partial charge < -0.3 is 15.5 Å². The van der Waals surface area contributed by atoms with Crippen LogP contribution < -0.4 is 11.3 Å². The van der Waals surface area contributed by atoms with E-state index in [1.165, 1.54) is 12.3 Å². The van der Waals surface area contributed by atoms with E-state index in [0.717, 1.165) is 10.9 Å². The van der Waals surface area contributed by atoms with Crippen LogP contribution in [0.5, 0.6) is 0 Å². The van der Waals surface area contributed by atoms with E-state index in [0.29, 0.717) is 27.7 Å². The van der Waals surface area contributed by atoms with Crippen LogP contribution >= 0.6 is 0 Å². The first-order chi connectivity index (χ1) is 12.5. The smallest absolute Gasteiger partial charge is 0.272 e. The van der Waals surface area contributed by atoms with Crippen LogP contribution in [-0.4, -0.2) is 27.3 Å². The lowest BCUT2D eigenvalue weighted by Gasteiger charge is -2.15. The molecule has 8 heteroatoms. The Bertz CT molecular complexity index is 1210. The Labute approximate surface area is 147 Å². The van der Waals surface area contributed by atoms with Crippen LogP contribution in [0.15, 0.2) is 29.3 Å². The van der Waals surface area contributed by atoms with Crippen LogP contribution in [0.25, 0.3) is 32.9 Å². The number of aromatic amines is 2. The van der Waals surface area contributed by atoms with Gasteiger partial charge in [-0.15, -0.1) is 0 Å². The minimum absolute atomic E-state index is 0.0505. The van der Waals surface area contributed by atoms with Crippen molar-refractivity contribution in [2.45, 2.75) is 13.5 Å². The Kier molecular flexibility index (Phi) is 3.69. The number of nitrogens with one attached hydrogen (secondary N) is 2. The first-order valence-corrected chi connectivity index (χ1v) is 7.93. The van der Waals surface area contributed by atoms with Crippen LogP contribution in [0.4, 0.5) is 10.1 Å². The van der Waals surface area contributed by atoms with Crippen molar-refractivity contribution in [1.29, 1.82) is 0 Å². The van der Waals surface area contributed by atoms with E-state index in [-0.39, 0.29) is 17.8 Å². The lowest BCUT2D eigenvalue weighted by atomic mass is 9.94. The van der Waals surface area contributed by atoms with Gasteiger partial charge in [0.25, 0.3) is 5.56 Å². The molecule has 0 bridgehead atoms. The third-order valence-corrected chi connectivity index (χ3v) is 4.48. The van der Waals surface area contributed by atoms with Gasteiger partial charge in [0.1, 0.15) is 17.0 Å². The second-order valence-corrected chi connectivity index (χ2v) is 6.05. The Morgan fingerprint density at radius 1 is 1.27 bits per heavy atom. The monoisotopic (exact) mass is 353 g/mol. The lowest BCUT2D eigenvalue weighted by molar-refractivity contribution is 0.185. The molecule has 0 saturated heterocycles. The van der Waals surface area contributed by atoms with Crippen molar-refractivity contribution in [3.05, 3.63) is 52.0 Å². The van der Waals surface area contributed by atoms with Crippen molar-refractivity contribution in [1.82, 2.24) is 20.2 Å². The van der Waals surface area contributed by atoms with E-state index < -0.39 is 11.4 Å². The van der Waals surface area contributed by atoms with Crippen molar-refractivity contribution < 1.29 is 9.13 Å². The quantitative estimate of drug-likeness (QED) is 0.524. The van der Waals surface area contributed by atoms with Crippen LogP contribution in [-0.2, 0) is 11.3 Å². The fourth-order valence-corrected chi connectivity index (χ4v) is 3.28. The van der Waals surface area contributed by atoms with Gasteiger partial charge in [0, 0.05) is 35.2 Å². The van der Waals surface area contributed by atoms with E-state index >= 15 is 0 Å². The molecule has 3 heterocycles. The van der Waals surface area contributed by atoms with Gasteiger partial charge in [-0.05, 0) is 18.6 Å². The molecule has 4 aromatic rings. The van der Waals surface area contributed by atoms with Gasteiger partial charge in [0.2, 0.25) is 0 Å². The fourth-order valence-electron chi connectivity index (χ4n) is 3.28. The number of hydrogen-bond donors (Lipinski definition) is 3. The second kappa shape index (κ2) is 5.92. The summed E-state index contributed by atoms with van der Waals surface area (Å²) in [4.78, 5) is 19.6. The number of pyridine rings is 2. The minimum Gasteiger partial charge on any atom is -0.394 e. The van der Waals surface area contributed by atoms with E-state index in [4.69, 9.17) is 10.5 Å². The Balaban J connectivity index is 2.23. The first-order valence-electron chi connectivity index (χ1n) is 7.93. The summed E-state index contributed by atoms with van der Waals surface area (Å²) in [6.07, 6.45) is 3.21. The van der Waals surface area contributed by atoms with Gasteiger partial charge in [0.05, 0.1) is 24.0 Å². The second-order valence-electron chi connectivity index (χ2n) is 6.05. The number of aryl methyl sites for hydroxylation is 1. The van der Waals surface area contributed by atoms with Crippen molar-refractivity contribution in [2.75, 3.05) is 12.8 Å². The Morgan fingerprint density at radius 2 is 2.08 bits per heavy atom. The predicted molar refractivity (Wildman–Crippen MR) is 97.3 cm³/mol. The molecule has 132 valence electrons. The maximum Gasteiger partial charge on any atom is 0.272 e. The third kappa shape index (κ3) is 2.26. The number of fused-ring (bicyclic) bond motifs is 2. The van der Waals surface area contributed by atoms with Crippen LogP contribution in [0.2, 0.25) is 0 Å². The highest BCUT2D eigenvalue weighted by Crippen LogP contribution is 2.38. The molecule has 0 amide bonds. The number of halogens is 1. The largest absolute Gasteiger partial charge is 0.394 e. The fraction of sp³-hybridized carbons (Fsp3) is 0.167. The Hall–Kier alpha value is -3.26. The summed E-state index contributed by atoms with van der Waals surface area (Å²) in [6, 6.07) is 2.93. The number of aromatic nitrogens is 4. The molecule has 0 aliphatic heterocycles. The van der Waals surface area contributed by atoms with Crippen LogP contribution in [0.3, 0.4) is 0 Å². The maximum atomic E-state index is 14.1. The molecule has 1 aromatic carbocycles. The number of methoxy groups -OCH3 is 1. The number of nitrogen functional groups attached to an aromatic ring is 1. The number of H-pyrrole nitrogens is 2. The predicted octanol–water partition coefficient (Wildman–Crippen LogP) is 2.64. The number of rotatable bonds is 3. The van der Waals surface area contributed by atoms with Gasteiger partial charge in [-0.25, -0.2) is 4.39 Å². The summed E-state index contributed by atoms with van der Waals surface area (Å²) in [6.45, 7) is 2.09. The molecule has 0 unspecified atom stereocenters. The molecule has 0 aliphatic carbocycles. The molecule has 7 nitrogen and oxygen atoms in total. The number of nitrogens with two attached hydrogens (primary N) is 1. The average Bonchev–Trinajstić information content (AvgIpc) is 3.11. The summed E-state index contributed by atoms with van der Waals surface area (Å²) in [5.41, 5.74) is 9.19. The molecule has 0 fully saturated rings. The number of ether oxygens (including phenoxy) is 1. The average molecular weight is 353 g/mol. The van der Waals surface area contributed by atoms with Crippen molar-refractivity contribution in [3.63, 3.8) is 0 Å². The molecule has 0 spiro atoms. The van der Waals surface area contributed by atoms with Crippen LogP contribution in [0.1, 0.15) is 11.3 Å². The SMILES string of the molecule is COCc1cnc(C)c2[nH]c(=O)c(N)c(-c3ccc(F)c4[nH]ncc34)c12. The molecule has 0 saturated carbocycles. The van der Waals surface area contributed by atoms with E-state index in [2.05, 4.69) is 20.2 Å². The zero-order valence-corrected chi connectivity index (χ0v) is 14.2. The summed E-state index contributed by atoms with van der Waals surface area (Å²) < 4.78 is 19.3. The molecule has 3 aromatic heterocycles. The van der Waals surface area contributed by atoms with Crippen molar-refractivity contribution in [3.8, 4) is 11.1 Å². The molecule has 0 aliphatic rings. The van der Waals surface area contributed by atoms with Gasteiger partial charge in [-0.2, -0.15) is 5.10 Å². The summed E-state index contributed by atoms with van der Waals surface area (Å²) in [5.74, 6) is -0.427. The highest BCUT2D eigenvalue weighted by Gasteiger charge is 2.20. The maximum absolute atomic E-state index is 14.1. The molecule has 4 N–H and O–H groups in total. The van der Waals surface area contributed by atoms with E-state index in [1.807, 2.05) is 0 Å². The molecule has 4 rings (SSSR count). The van der Waals surface area contributed by atoms with Crippen molar-refractivity contribution >= 4 is 27.5 Å². The molecule has 26 heavy (non-hydrogen) atoms. The summed E-state index contributed by atoms with van der Waals surface area (Å²) in [5, 5.41) is 7.84. The zero-order valence-electron chi connectivity index (χ0n) is 14.2. The topological polar surface area (TPSA) is 110 Å². The van der Waals surface area contributed by atoms with Crippen molar-refractivity contribution in [2.24, 2.45) is 0 Å². The molecule has 0 atom stereocenters. The summed E-state index contributed by atoms with van der Waals surface area (Å²) in [7, 11) is 1.58. The first kappa shape index (κ1) is 16.2. The lowest BCUT2D eigenvalue weighted by Crippen LogP contribution is -2.15. The molecular formula is C18H16FN5O2. The highest BCUT2D eigenvalue weighted by atomic mass is 19.1. The molecule has 0 radical (unpaired) electrons. The van der Waals surface area contributed by atoms with Gasteiger partial charge in [0.15, 0.2) is 0 Å². The number of hydrogen-bond acceptors (Lipinski definition) is 5. The number of nitrogens with zero attached hydrogens (tertiary/aromatic N) is 2. The Morgan fingerprint density at radius 3 is 2.85 bits per heavy atom. The normalized spacial score (nSPS) is 11.5. The third-order valence-electron chi connectivity index (χ3n) is 4.48. The van der Waals surface area contributed by atoms with E-state index in [9.17, 15) is 9.18 Å². The minimum atomic E-state index is -0.427. The standard InChI is InChI=1S/C18H16FN5O2/c1-8-16-13(9(5-21-8)7-26-2)14(15(20)18(25)23-16)10-3-4-12(19)17-11(10)6-22-24-17/h3-6H,7,20H2,1-2H3,(H,22,24)(H,23,25). The van der Waals surface area contributed by atoms with Gasteiger partial charge >= 0.3 is 0 Å². The van der Waals surface area contributed by atoms with Gasteiger partial charge in [-0.1, -0.05) is 6.07 Å². The molecular weight excluding hydrogens is 337 g/mol. The zero-order chi connectivity index (χ0) is 18.4. The number of anilines is 1. The highest BCUT2D eigenvalue weighted by molar-refractivity contribution is 6.09.